The first kappa shape index (κ1) is 19.3. The third-order valence-electron chi connectivity index (χ3n) is 4.79. The predicted octanol–water partition coefficient (Wildman–Crippen LogP) is 6.23. The number of aromatic hydroxyl groups is 2. The molecule has 2 N–H and O–H groups in total. The summed E-state index contributed by atoms with van der Waals surface area (Å²) in [4.78, 5) is 0. The number of phenolic OH excluding ortho intramolecular Hbond substituents is 2. The molecular weight excluding hydrogens is 344 g/mol. The highest BCUT2D eigenvalue weighted by molar-refractivity contribution is 5.98. The first-order valence-electron chi connectivity index (χ1n) is 9.51. The van der Waals surface area contributed by atoms with E-state index in [9.17, 15) is 10.2 Å². The molecular formula is C26H24O2. The second-order valence-corrected chi connectivity index (χ2v) is 6.77. The van der Waals surface area contributed by atoms with Crippen molar-refractivity contribution in [1.82, 2.24) is 0 Å². The summed E-state index contributed by atoms with van der Waals surface area (Å²) >= 11 is 0. The third kappa shape index (κ3) is 4.45. The van der Waals surface area contributed by atoms with Crippen molar-refractivity contribution in [1.29, 1.82) is 0 Å². The number of hydrogen-bond acceptors (Lipinski definition) is 2. The first-order valence-corrected chi connectivity index (χ1v) is 9.51. The van der Waals surface area contributed by atoms with Gasteiger partial charge in [-0.15, -0.1) is 6.42 Å². The summed E-state index contributed by atoms with van der Waals surface area (Å²) in [6.45, 7) is 2.18. The second-order valence-electron chi connectivity index (χ2n) is 6.77. The van der Waals surface area contributed by atoms with E-state index in [0.717, 1.165) is 47.1 Å². The molecule has 0 aliphatic heterocycles. The Morgan fingerprint density at radius 1 is 0.750 bits per heavy atom. The van der Waals surface area contributed by atoms with E-state index in [-0.39, 0.29) is 11.5 Å². The van der Waals surface area contributed by atoms with Crippen LogP contribution in [0.3, 0.4) is 0 Å². The van der Waals surface area contributed by atoms with Crippen LogP contribution in [0.1, 0.15) is 48.4 Å². The van der Waals surface area contributed by atoms with E-state index >= 15 is 0 Å². The average molecular weight is 368 g/mol. The molecule has 0 saturated heterocycles. The van der Waals surface area contributed by atoms with Crippen molar-refractivity contribution in [3.8, 4) is 23.8 Å². The molecule has 0 unspecified atom stereocenters. The van der Waals surface area contributed by atoms with E-state index in [1.165, 1.54) is 5.57 Å². The van der Waals surface area contributed by atoms with Crippen LogP contribution >= 0.6 is 0 Å². The lowest BCUT2D eigenvalue weighted by molar-refractivity contribution is 0.475. The number of hydrogen-bond donors (Lipinski definition) is 2. The molecule has 28 heavy (non-hydrogen) atoms. The molecule has 3 aromatic carbocycles. The average Bonchev–Trinajstić information content (AvgIpc) is 2.73. The highest BCUT2D eigenvalue weighted by atomic mass is 16.3. The number of phenols is 2. The molecule has 0 bridgehead atoms. The zero-order chi connectivity index (χ0) is 19.9. The molecule has 2 heteroatoms. The van der Waals surface area contributed by atoms with Crippen LogP contribution in [0.5, 0.6) is 11.5 Å². The Hall–Kier alpha value is -3.44. The number of benzene rings is 3. The maximum atomic E-state index is 9.73. The molecule has 0 aliphatic carbocycles. The smallest absolute Gasteiger partial charge is 0.115 e. The fourth-order valence-electron chi connectivity index (χ4n) is 3.31. The van der Waals surface area contributed by atoms with Gasteiger partial charge in [-0.05, 0) is 77.1 Å². The normalized spacial score (nSPS) is 10.3. The molecule has 0 aliphatic rings. The van der Waals surface area contributed by atoms with Crippen LogP contribution in [0, 0.1) is 12.3 Å². The summed E-state index contributed by atoms with van der Waals surface area (Å²) in [5, 5.41) is 19.5. The van der Waals surface area contributed by atoms with Gasteiger partial charge in [-0.2, -0.15) is 0 Å². The highest BCUT2D eigenvalue weighted by Crippen LogP contribution is 2.36. The molecule has 140 valence electrons. The van der Waals surface area contributed by atoms with Gasteiger partial charge in [0.1, 0.15) is 11.5 Å². The van der Waals surface area contributed by atoms with Crippen molar-refractivity contribution in [3.63, 3.8) is 0 Å². The number of unbranched alkanes of at least 4 members (excludes halogenated alkanes) is 1. The lowest BCUT2D eigenvalue weighted by Crippen LogP contribution is -1.96. The van der Waals surface area contributed by atoms with Gasteiger partial charge in [-0.25, -0.2) is 0 Å². The Morgan fingerprint density at radius 3 is 1.64 bits per heavy atom. The van der Waals surface area contributed by atoms with E-state index in [1.807, 2.05) is 36.4 Å². The predicted molar refractivity (Wildman–Crippen MR) is 116 cm³/mol. The van der Waals surface area contributed by atoms with Crippen LogP contribution in [0.2, 0.25) is 0 Å². The summed E-state index contributed by atoms with van der Waals surface area (Å²) in [5.41, 5.74) is 6.35. The topological polar surface area (TPSA) is 40.5 Å². The zero-order valence-corrected chi connectivity index (χ0v) is 16.0. The van der Waals surface area contributed by atoms with Gasteiger partial charge < -0.3 is 10.2 Å². The van der Waals surface area contributed by atoms with Crippen LogP contribution < -0.4 is 0 Å². The Morgan fingerprint density at radius 2 is 1.21 bits per heavy atom. The van der Waals surface area contributed by atoms with Gasteiger partial charge in [0, 0.05) is 5.56 Å². The molecule has 0 saturated carbocycles. The SMILES string of the molecule is C#Cc1ccc(C(CCCC)=C(c2ccc(O)cc2)c2ccc(O)cc2)cc1. The minimum absolute atomic E-state index is 0.238. The van der Waals surface area contributed by atoms with Crippen molar-refractivity contribution < 1.29 is 10.2 Å². The van der Waals surface area contributed by atoms with Crippen molar-refractivity contribution in [2.24, 2.45) is 0 Å². The van der Waals surface area contributed by atoms with Crippen molar-refractivity contribution >= 4 is 11.1 Å². The van der Waals surface area contributed by atoms with Gasteiger partial charge >= 0.3 is 0 Å². The third-order valence-corrected chi connectivity index (χ3v) is 4.79. The molecule has 3 aromatic rings. The highest BCUT2D eigenvalue weighted by Gasteiger charge is 2.14. The number of allylic oxidation sites excluding steroid dienone is 1. The lowest BCUT2D eigenvalue weighted by atomic mass is 9.86. The molecule has 0 heterocycles. The van der Waals surface area contributed by atoms with Gasteiger partial charge in [0.2, 0.25) is 0 Å². The van der Waals surface area contributed by atoms with Gasteiger partial charge in [0.25, 0.3) is 0 Å². The molecule has 2 nitrogen and oxygen atoms in total. The van der Waals surface area contributed by atoms with E-state index in [2.05, 4.69) is 25.0 Å². The molecule has 0 amide bonds. The Kier molecular flexibility index (Phi) is 6.19. The van der Waals surface area contributed by atoms with Crippen LogP contribution in [-0.2, 0) is 0 Å². The summed E-state index contributed by atoms with van der Waals surface area (Å²) in [5.74, 6) is 3.15. The minimum atomic E-state index is 0.238. The van der Waals surface area contributed by atoms with Crippen LogP contribution in [-0.4, -0.2) is 10.2 Å². The minimum Gasteiger partial charge on any atom is -0.508 e. The van der Waals surface area contributed by atoms with Gasteiger partial charge in [-0.3, -0.25) is 0 Å². The van der Waals surface area contributed by atoms with Gasteiger partial charge in [0.15, 0.2) is 0 Å². The van der Waals surface area contributed by atoms with Crippen LogP contribution in [0.25, 0.3) is 11.1 Å². The molecule has 0 fully saturated rings. The van der Waals surface area contributed by atoms with E-state index in [0.29, 0.717) is 0 Å². The zero-order valence-electron chi connectivity index (χ0n) is 16.0. The summed E-state index contributed by atoms with van der Waals surface area (Å²) in [6.07, 6.45) is 8.59. The van der Waals surface area contributed by atoms with E-state index < -0.39 is 0 Å². The maximum absolute atomic E-state index is 9.73. The monoisotopic (exact) mass is 368 g/mol. The first-order chi connectivity index (χ1) is 13.6. The molecule has 0 atom stereocenters. The molecule has 0 radical (unpaired) electrons. The van der Waals surface area contributed by atoms with Crippen molar-refractivity contribution in [2.75, 3.05) is 0 Å². The Balaban J connectivity index is 2.25. The van der Waals surface area contributed by atoms with E-state index in [1.54, 1.807) is 24.3 Å². The standard InChI is InChI=1S/C26H24O2/c1-3-5-6-25(20-9-7-19(4-2)8-10-20)26(21-11-15-23(27)16-12-21)22-13-17-24(28)18-14-22/h2,7-18,27-28H,3,5-6H2,1H3. The maximum Gasteiger partial charge on any atom is 0.115 e. The van der Waals surface area contributed by atoms with E-state index in [4.69, 9.17) is 6.42 Å². The molecule has 0 aromatic heterocycles. The Labute approximate surface area is 166 Å². The molecule has 0 spiro atoms. The fourth-order valence-corrected chi connectivity index (χ4v) is 3.31. The largest absolute Gasteiger partial charge is 0.508 e. The lowest BCUT2D eigenvalue weighted by Gasteiger charge is -2.18. The summed E-state index contributed by atoms with van der Waals surface area (Å²) in [6, 6.07) is 22.6. The summed E-state index contributed by atoms with van der Waals surface area (Å²) < 4.78 is 0. The second kappa shape index (κ2) is 8.97. The number of terminal acetylenes is 1. The van der Waals surface area contributed by atoms with Crippen LogP contribution in [0.4, 0.5) is 0 Å². The van der Waals surface area contributed by atoms with Gasteiger partial charge in [-0.1, -0.05) is 55.7 Å². The van der Waals surface area contributed by atoms with Crippen LogP contribution in [0.15, 0.2) is 72.8 Å². The number of rotatable bonds is 6. The fraction of sp³-hybridized carbons (Fsp3) is 0.154. The Bertz CT molecular complexity index is 939. The van der Waals surface area contributed by atoms with Gasteiger partial charge in [0.05, 0.1) is 0 Å². The summed E-state index contributed by atoms with van der Waals surface area (Å²) in [7, 11) is 0. The van der Waals surface area contributed by atoms with Crippen molar-refractivity contribution in [2.45, 2.75) is 26.2 Å². The quantitative estimate of drug-likeness (QED) is 0.400. The van der Waals surface area contributed by atoms with Crippen molar-refractivity contribution in [3.05, 3.63) is 95.1 Å². The molecule has 3 rings (SSSR count).